The first kappa shape index (κ1) is 24.4. The Hall–Kier alpha value is -3.22. The summed E-state index contributed by atoms with van der Waals surface area (Å²) in [5.74, 6) is -0.950. The maximum Gasteiger partial charge on any atom is 0.310 e. The minimum Gasteiger partial charge on any atom is -0.466 e. The number of ether oxygens (including phenoxy) is 1. The highest BCUT2D eigenvalue weighted by Gasteiger charge is 2.29. The molecule has 7 heteroatoms. The zero-order valence-electron chi connectivity index (χ0n) is 19.3. The molecule has 0 aliphatic carbocycles. The number of hydrogen-bond donors (Lipinski definition) is 0. The zero-order chi connectivity index (χ0) is 23.8. The molecule has 1 fully saturated rings. The summed E-state index contributed by atoms with van der Waals surface area (Å²) in [5, 5.41) is 0. The third-order valence-corrected chi connectivity index (χ3v) is 5.83. The van der Waals surface area contributed by atoms with Crippen LogP contribution in [0.3, 0.4) is 0 Å². The van der Waals surface area contributed by atoms with E-state index < -0.39 is 0 Å². The van der Waals surface area contributed by atoms with E-state index in [1.54, 1.807) is 35.8 Å². The highest BCUT2D eigenvalue weighted by Crippen LogP contribution is 2.23. The lowest BCUT2D eigenvalue weighted by Crippen LogP contribution is -2.43. The Morgan fingerprint density at radius 2 is 1.85 bits per heavy atom. The van der Waals surface area contributed by atoms with Crippen molar-refractivity contribution in [2.24, 2.45) is 5.92 Å². The van der Waals surface area contributed by atoms with Crippen LogP contribution in [0.4, 0.5) is 10.1 Å². The summed E-state index contributed by atoms with van der Waals surface area (Å²) >= 11 is 0. The molecule has 1 atom stereocenters. The molecule has 0 N–H and O–H groups in total. The van der Waals surface area contributed by atoms with Gasteiger partial charge in [-0.2, -0.15) is 0 Å². The number of nitrogens with zero attached hydrogens (tertiary/aromatic N) is 2. The van der Waals surface area contributed by atoms with Crippen LogP contribution in [0, 0.1) is 11.7 Å². The van der Waals surface area contributed by atoms with Gasteiger partial charge in [-0.3, -0.25) is 14.4 Å². The third-order valence-electron chi connectivity index (χ3n) is 5.83. The van der Waals surface area contributed by atoms with E-state index in [2.05, 4.69) is 0 Å². The van der Waals surface area contributed by atoms with E-state index in [-0.39, 0.29) is 35.9 Å². The number of carbonyl (C=O) groups excluding carboxylic acids is 3. The van der Waals surface area contributed by atoms with Gasteiger partial charge in [0, 0.05) is 25.2 Å². The predicted octanol–water partition coefficient (Wildman–Crippen LogP) is 4.11. The summed E-state index contributed by atoms with van der Waals surface area (Å²) < 4.78 is 18.4. The topological polar surface area (TPSA) is 66.9 Å². The van der Waals surface area contributed by atoms with Gasteiger partial charge < -0.3 is 14.5 Å². The molecule has 3 rings (SSSR count). The lowest BCUT2D eigenvalue weighted by Gasteiger charge is -2.31. The van der Waals surface area contributed by atoms with Gasteiger partial charge in [0.25, 0.3) is 0 Å². The summed E-state index contributed by atoms with van der Waals surface area (Å²) in [6, 6.07) is 13.5. The minimum atomic E-state index is -0.324. The number of esters is 1. The Kier molecular flexibility index (Phi) is 8.58. The van der Waals surface area contributed by atoms with Gasteiger partial charge in [-0.1, -0.05) is 31.2 Å². The number of halogens is 1. The van der Waals surface area contributed by atoms with Crippen molar-refractivity contribution in [1.29, 1.82) is 0 Å². The van der Waals surface area contributed by atoms with Crippen molar-refractivity contribution < 1.29 is 23.5 Å². The summed E-state index contributed by atoms with van der Waals surface area (Å²) in [5.41, 5.74) is 2.31. The number of piperidine rings is 1. The monoisotopic (exact) mass is 454 g/mol. The van der Waals surface area contributed by atoms with Gasteiger partial charge in [-0.05, 0) is 55.2 Å². The largest absolute Gasteiger partial charge is 0.466 e. The van der Waals surface area contributed by atoms with Gasteiger partial charge in [-0.25, -0.2) is 4.39 Å². The molecule has 1 unspecified atom stereocenters. The predicted molar refractivity (Wildman–Crippen MR) is 124 cm³/mol. The fourth-order valence-electron chi connectivity index (χ4n) is 4.06. The molecule has 1 heterocycles. The zero-order valence-corrected chi connectivity index (χ0v) is 19.3. The Balaban J connectivity index is 1.71. The number of likely N-dealkylation sites (tertiary alicyclic amines) is 1. The standard InChI is InChI=1S/C26H31FN2O4/c1-3-24(30)29(17-19-10-12-22(27)13-11-19)23-9-5-7-20(15-23)16-25(31)28-14-6-8-21(18-28)26(32)33-4-2/h5,7,9-13,15,21H,3-4,6,8,14,16-18H2,1-2H3. The van der Waals surface area contributed by atoms with Crippen molar-refractivity contribution in [3.8, 4) is 0 Å². The van der Waals surface area contributed by atoms with Crippen LogP contribution in [-0.4, -0.2) is 42.4 Å². The van der Waals surface area contributed by atoms with Gasteiger partial charge in [0.1, 0.15) is 5.82 Å². The molecule has 1 saturated heterocycles. The van der Waals surface area contributed by atoms with Crippen molar-refractivity contribution in [3.05, 3.63) is 65.5 Å². The Morgan fingerprint density at radius 1 is 1.09 bits per heavy atom. The van der Waals surface area contributed by atoms with Gasteiger partial charge >= 0.3 is 5.97 Å². The average molecular weight is 455 g/mol. The van der Waals surface area contributed by atoms with Gasteiger partial charge in [0.05, 0.1) is 25.5 Å². The Morgan fingerprint density at radius 3 is 2.55 bits per heavy atom. The maximum absolute atomic E-state index is 13.3. The van der Waals surface area contributed by atoms with E-state index in [1.807, 2.05) is 24.3 Å². The number of benzene rings is 2. The second-order valence-corrected chi connectivity index (χ2v) is 8.24. The summed E-state index contributed by atoms with van der Waals surface area (Å²) in [6.07, 6.45) is 2.02. The molecule has 0 radical (unpaired) electrons. The molecule has 0 bridgehead atoms. The molecular formula is C26H31FN2O4. The van der Waals surface area contributed by atoms with Crippen molar-refractivity contribution >= 4 is 23.5 Å². The molecular weight excluding hydrogens is 423 g/mol. The van der Waals surface area contributed by atoms with E-state index in [0.717, 1.165) is 24.0 Å². The van der Waals surface area contributed by atoms with E-state index in [9.17, 15) is 18.8 Å². The van der Waals surface area contributed by atoms with Crippen LogP contribution in [0.25, 0.3) is 0 Å². The van der Waals surface area contributed by atoms with E-state index in [4.69, 9.17) is 4.74 Å². The van der Waals surface area contributed by atoms with Crippen LogP contribution in [0.1, 0.15) is 44.2 Å². The number of hydrogen-bond acceptors (Lipinski definition) is 4. The van der Waals surface area contributed by atoms with Gasteiger partial charge in [0.2, 0.25) is 11.8 Å². The number of carbonyl (C=O) groups is 3. The van der Waals surface area contributed by atoms with Crippen LogP contribution < -0.4 is 4.90 Å². The average Bonchev–Trinajstić information content (AvgIpc) is 2.83. The molecule has 2 aromatic rings. The van der Waals surface area contributed by atoms with Crippen LogP contribution in [0.5, 0.6) is 0 Å². The normalized spacial score (nSPS) is 15.7. The van der Waals surface area contributed by atoms with Gasteiger partial charge in [0.15, 0.2) is 0 Å². The molecule has 0 spiro atoms. The van der Waals surface area contributed by atoms with Crippen LogP contribution in [0.15, 0.2) is 48.5 Å². The van der Waals surface area contributed by atoms with Crippen molar-refractivity contribution in [1.82, 2.24) is 4.90 Å². The molecule has 0 aromatic heterocycles. The SMILES string of the molecule is CCOC(=O)C1CCCN(C(=O)Cc2cccc(N(Cc3ccc(F)cc3)C(=O)CC)c2)C1. The Labute approximate surface area is 194 Å². The first-order chi connectivity index (χ1) is 15.9. The lowest BCUT2D eigenvalue weighted by atomic mass is 9.97. The second kappa shape index (κ2) is 11.6. The molecule has 2 amide bonds. The minimum absolute atomic E-state index is 0.0481. The molecule has 33 heavy (non-hydrogen) atoms. The molecule has 176 valence electrons. The first-order valence-corrected chi connectivity index (χ1v) is 11.5. The highest BCUT2D eigenvalue weighted by molar-refractivity contribution is 5.93. The van der Waals surface area contributed by atoms with E-state index in [1.165, 1.54) is 12.1 Å². The van der Waals surface area contributed by atoms with Crippen molar-refractivity contribution in [3.63, 3.8) is 0 Å². The molecule has 0 saturated carbocycles. The van der Waals surface area contributed by atoms with Crippen molar-refractivity contribution in [2.75, 3.05) is 24.6 Å². The third kappa shape index (κ3) is 6.63. The number of anilines is 1. The van der Waals surface area contributed by atoms with Crippen LogP contribution in [-0.2, 0) is 32.1 Å². The highest BCUT2D eigenvalue weighted by atomic mass is 19.1. The number of rotatable bonds is 8. The Bertz CT molecular complexity index is 977. The van der Waals surface area contributed by atoms with Gasteiger partial charge in [-0.15, -0.1) is 0 Å². The van der Waals surface area contributed by atoms with Crippen LogP contribution in [0.2, 0.25) is 0 Å². The van der Waals surface area contributed by atoms with E-state index >= 15 is 0 Å². The first-order valence-electron chi connectivity index (χ1n) is 11.5. The molecule has 6 nitrogen and oxygen atoms in total. The fourth-order valence-corrected chi connectivity index (χ4v) is 4.06. The van der Waals surface area contributed by atoms with Crippen LogP contribution >= 0.6 is 0 Å². The molecule has 2 aromatic carbocycles. The summed E-state index contributed by atoms with van der Waals surface area (Å²) in [6.45, 7) is 5.23. The second-order valence-electron chi connectivity index (χ2n) is 8.24. The smallest absolute Gasteiger partial charge is 0.310 e. The maximum atomic E-state index is 13.3. The molecule has 1 aliphatic rings. The van der Waals surface area contributed by atoms with Crippen molar-refractivity contribution in [2.45, 2.75) is 46.1 Å². The summed E-state index contributed by atoms with van der Waals surface area (Å²) in [4.78, 5) is 41.1. The quantitative estimate of drug-likeness (QED) is 0.563. The van der Waals surface area contributed by atoms with E-state index in [0.29, 0.717) is 38.3 Å². The fraction of sp³-hybridized carbons (Fsp3) is 0.423. The molecule has 1 aliphatic heterocycles. The number of amides is 2. The summed E-state index contributed by atoms with van der Waals surface area (Å²) in [7, 11) is 0. The lowest BCUT2D eigenvalue weighted by molar-refractivity contribution is -0.151.